The highest BCUT2D eigenvalue weighted by molar-refractivity contribution is 8.00. The molecule has 5 rings (SSSR count). The topological polar surface area (TPSA) is 161 Å². The number of ether oxygens (including phenoxy) is 3. The van der Waals surface area contributed by atoms with Crippen molar-refractivity contribution in [3.05, 3.63) is 136 Å². The number of benzene rings is 4. The molecule has 0 radical (unpaired) electrons. The molecule has 12 nitrogen and oxygen atoms in total. The van der Waals surface area contributed by atoms with E-state index in [1.54, 1.807) is 111 Å². The van der Waals surface area contributed by atoms with Crippen molar-refractivity contribution in [1.82, 2.24) is 5.32 Å². The van der Waals surface area contributed by atoms with E-state index in [-0.39, 0.29) is 33.5 Å². The highest BCUT2D eigenvalue weighted by Gasteiger charge is 2.27. The van der Waals surface area contributed by atoms with Crippen molar-refractivity contribution in [2.45, 2.75) is 18.7 Å². The van der Waals surface area contributed by atoms with Crippen molar-refractivity contribution in [2.24, 2.45) is 0 Å². The van der Waals surface area contributed by atoms with Gasteiger partial charge in [0, 0.05) is 21.8 Å². The Balaban J connectivity index is 1.30. The molecule has 0 saturated carbocycles. The lowest BCUT2D eigenvalue weighted by molar-refractivity contribution is -0.114. The number of methoxy groups -OCH3 is 2. The first kappa shape index (κ1) is 39.8. The predicted octanol–water partition coefficient (Wildman–Crippen LogP) is 7.64. The number of esters is 1. The molecule has 4 aromatic carbocycles. The van der Waals surface area contributed by atoms with Gasteiger partial charge in [-0.2, -0.15) is 0 Å². The molecule has 4 amide bonds. The highest BCUT2D eigenvalue weighted by Crippen LogP contribution is 2.35. The van der Waals surface area contributed by atoms with E-state index < -0.39 is 29.6 Å². The Bertz CT molecular complexity index is 2220. The van der Waals surface area contributed by atoms with Crippen LogP contribution in [0.5, 0.6) is 11.5 Å². The summed E-state index contributed by atoms with van der Waals surface area (Å²) in [6.07, 6.45) is 1.52. The number of hydrogen-bond acceptors (Lipinski definition) is 10. The molecule has 55 heavy (non-hydrogen) atoms. The van der Waals surface area contributed by atoms with Crippen LogP contribution in [0.3, 0.4) is 0 Å². The summed E-state index contributed by atoms with van der Waals surface area (Å²) in [4.78, 5) is 67.0. The number of anilines is 3. The van der Waals surface area contributed by atoms with Crippen LogP contribution in [-0.2, 0) is 14.3 Å². The normalized spacial score (nSPS) is 10.9. The molecule has 0 fully saturated rings. The number of hydrogen-bond donors (Lipinski definition) is 4. The van der Waals surface area contributed by atoms with E-state index in [9.17, 15) is 24.0 Å². The lowest BCUT2D eigenvalue weighted by Crippen LogP contribution is -2.30. The van der Waals surface area contributed by atoms with Crippen LogP contribution in [0.1, 0.15) is 48.4 Å². The minimum absolute atomic E-state index is 0.0287. The molecule has 14 heteroatoms. The number of nitrogens with one attached hydrogen (secondary N) is 4. The molecule has 1 heterocycles. The second kappa shape index (κ2) is 19.1. The van der Waals surface area contributed by atoms with Crippen LogP contribution in [0.4, 0.5) is 16.4 Å². The van der Waals surface area contributed by atoms with Gasteiger partial charge in [0.15, 0.2) is 11.5 Å². The van der Waals surface area contributed by atoms with Crippen LogP contribution in [0.15, 0.2) is 114 Å². The summed E-state index contributed by atoms with van der Waals surface area (Å²) in [7, 11) is 3.01. The van der Waals surface area contributed by atoms with E-state index in [4.69, 9.17) is 14.2 Å². The molecule has 0 aliphatic rings. The van der Waals surface area contributed by atoms with Gasteiger partial charge in [0.25, 0.3) is 17.7 Å². The molecular formula is C41H38N4O8S2. The Morgan fingerprint density at radius 3 is 2.13 bits per heavy atom. The Labute approximate surface area is 326 Å². The number of rotatable bonds is 15. The summed E-state index contributed by atoms with van der Waals surface area (Å²) >= 11 is 2.18. The highest BCUT2D eigenvalue weighted by atomic mass is 32.2. The molecule has 1 aromatic heterocycles. The first-order chi connectivity index (χ1) is 26.6. The first-order valence-corrected chi connectivity index (χ1v) is 18.7. The summed E-state index contributed by atoms with van der Waals surface area (Å²) in [5, 5.41) is 11.3. The maximum absolute atomic E-state index is 13.7. The number of para-hydroxylation sites is 1. The van der Waals surface area contributed by atoms with Crippen LogP contribution < -0.4 is 30.7 Å². The van der Waals surface area contributed by atoms with Crippen molar-refractivity contribution >= 4 is 75.1 Å². The number of carbonyl (C=O) groups is 5. The van der Waals surface area contributed by atoms with E-state index in [2.05, 4.69) is 21.3 Å². The molecular weight excluding hydrogens is 741 g/mol. The standard InChI is InChI=1S/C41H38N4O8S2/c1-5-53-41(50)35-25(2)36(39(49)42-28-15-10-7-11-16-28)55-40(35)45-34(46)24-54-30-18-12-17-29(23-30)43-38(48)31(44-37(47)27-13-8-6-9-14-27)21-26-19-20-32(51-3)33(22-26)52-4/h6-23H,5,24H2,1-4H3,(H,42,49)(H,43,48)(H,44,47)(H,45,46)/b31-21+. The average molecular weight is 779 g/mol. The fourth-order valence-corrected chi connectivity index (χ4v) is 7.06. The third kappa shape index (κ3) is 10.6. The van der Waals surface area contributed by atoms with E-state index in [0.29, 0.717) is 44.5 Å². The summed E-state index contributed by atoms with van der Waals surface area (Å²) in [6.45, 7) is 3.42. The summed E-state index contributed by atoms with van der Waals surface area (Å²) in [6, 6.07) is 29.3. The number of amides is 4. The second-order valence-corrected chi connectivity index (χ2v) is 13.7. The molecule has 0 atom stereocenters. The quantitative estimate of drug-likeness (QED) is 0.0476. The van der Waals surface area contributed by atoms with Crippen molar-refractivity contribution in [3.63, 3.8) is 0 Å². The van der Waals surface area contributed by atoms with Crippen molar-refractivity contribution < 1.29 is 38.2 Å². The van der Waals surface area contributed by atoms with Crippen LogP contribution in [-0.4, -0.2) is 56.2 Å². The Morgan fingerprint density at radius 2 is 1.44 bits per heavy atom. The van der Waals surface area contributed by atoms with Crippen LogP contribution in [0, 0.1) is 6.92 Å². The van der Waals surface area contributed by atoms with Crippen molar-refractivity contribution in [3.8, 4) is 11.5 Å². The van der Waals surface area contributed by atoms with Gasteiger partial charge >= 0.3 is 5.97 Å². The Morgan fingerprint density at radius 1 is 0.745 bits per heavy atom. The molecule has 0 saturated heterocycles. The second-order valence-electron chi connectivity index (χ2n) is 11.6. The van der Waals surface area contributed by atoms with E-state index in [0.717, 1.165) is 11.3 Å². The molecule has 5 aromatic rings. The predicted molar refractivity (Wildman–Crippen MR) is 215 cm³/mol. The van der Waals surface area contributed by atoms with Gasteiger partial charge in [0.05, 0.1) is 37.0 Å². The molecule has 0 unspecified atom stereocenters. The smallest absolute Gasteiger partial charge is 0.341 e. The molecule has 282 valence electrons. The lowest BCUT2D eigenvalue weighted by Gasteiger charge is -2.13. The number of carbonyl (C=O) groups excluding carboxylic acids is 5. The molecule has 0 aliphatic heterocycles. The van der Waals surface area contributed by atoms with E-state index in [1.165, 1.54) is 32.1 Å². The number of thioether (sulfide) groups is 1. The summed E-state index contributed by atoms with van der Waals surface area (Å²) in [5.41, 5.74) is 2.41. The van der Waals surface area contributed by atoms with Gasteiger partial charge in [-0.1, -0.05) is 48.5 Å². The van der Waals surface area contributed by atoms with E-state index >= 15 is 0 Å². The average Bonchev–Trinajstić information content (AvgIpc) is 3.52. The zero-order valence-electron chi connectivity index (χ0n) is 30.4. The van der Waals surface area contributed by atoms with Gasteiger partial charge in [-0.25, -0.2) is 4.79 Å². The fraction of sp³-hybridized carbons (Fsp3) is 0.146. The van der Waals surface area contributed by atoms with Gasteiger partial charge in [0.1, 0.15) is 10.7 Å². The maximum Gasteiger partial charge on any atom is 0.341 e. The third-order valence-corrected chi connectivity index (χ3v) is 10.0. The van der Waals surface area contributed by atoms with Crippen molar-refractivity contribution in [1.29, 1.82) is 0 Å². The Kier molecular flexibility index (Phi) is 13.8. The van der Waals surface area contributed by atoms with Gasteiger partial charge in [-0.05, 0) is 85.6 Å². The lowest BCUT2D eigenvalue weighted by atomic mass is 10.1. The van der Waals surface area contributed by atoms with Gasteiger partial charge in [0.2, 0.25) is 5.91 Å². The zero-order valence-corrected chi connectivity index (χ0v) is 32.0. The fourth-order valence-electron chi connectivity index (χ4n) is 5.20. The Hall–Kier alpha value is -6.38. The molecule has 0 bridgehead atoms. The van der Waals surface area contributed by atoms with Crippen LogP contribution >= 0.6 is 23.1 Å². The van der Waals surface area contributed by atoms with Gasteiger partial charge in [-0.15, -0.1) is 23.1 Å². The van der Waals surface area contributed by atoms with Crippen LogP contribution in [0.2, 0.25) is 0 Å². The third-order valence-electron chi connectivity index (χ3n) is 7.83. The first-order valence-electron chi connectivity index (χ1n) is 16.9. The molecule has 0 spiro atoms. The molecule has 0 aliphatic carbocycles. The van der Waals surface area contributed by atoms with Crippen LogP contribution in [0.25, 0.3) is 6.08 Å². The van der Waals surface area contributed by atoms with Crippen molar-refractivity contribution in [2.75, 3.05) is 42.5 Å². The van der Waals surface area contributed by atoms with Gasteiger partial charge < -0.3 is 35.5 Å². The summed E-state index contributed by atoms with van der Waals surface area (Å²) in [5.74, 6) is -1.68. The maximum atomic E-state index is 13.7. The zero-order chi connectivity index (χ0) is 39.3. The molecule has 4 N–H and O–H groups in total. The van der Waals surface area contributed by atoms with Gasteiger partial charge in [-0.3, -0.25) is 19.2 Å². The van der Waals surface area contributed by atoms with E-state index in [1.807, 2.05) is 6.07 Å². The largest absolute Gasteiger partial charge is 0.493 e. The SMILES string of the molecule is CCOC(=O)c1c(NC(=O)CSc2cccc(NC(=O)/C(=C\c3ccc(OC)c(OC)c3)NC(=O)c3ccccc3)c2)sc(C(=O)Nc2ccccc2)c1C. The minimum atomic E-state index is -0.652. The monoisotopic (exact) mass is 778 g/mol. The summed E-state index contributed by atoms with van der Waals surface area (Å²) < 4.78 is 16.0. The number of thiophene rings is 1. The minimum Gasteiger partial charge on any atom is -0.493 e.